The maximum absolute atomic E-state index is 5.74. The van der Waals surface area contributed by atoms with Crippen LogP contribution in [0.1, 0.15) is 36.5 Å². The fourth-order valence-electron chi connectivity index (χ4n) is 1.73. The summed E-state index contributed by atoms with van der Waals surface area (Å²) in [5.74, 6) is 1.29. The average Bonchev–Trinajstić information content (AvgIpc) is 2.21. The van der Waals surface area contributed by atoms with E-state index in [2.05, 4.69) is 50.9 Å². The Kier molecular flexibility index (Phi) is 5.30. The second-order valence-corrected chi connectivity index (χ2v) is 5.15. The van der Waals surface area contributed by atoms with Crippen LogP contribution in [0.5, 0.6) is 0 Å². The van der Waals surface area contributed by atoms with E-state index < -0.39 is 0 Å². The molecule has 0 heterocycles. The zero-order valence-corrected chi connectivity index (χ0v) is 11.5. The molecule has 0 bridgehead atoms. The second kappa shape index (κ2) is 6.27. The van der Waals surface area contributed by atoms with Gasteiger partial charge in [0.05, 0.1) is 0 Å². The smallest absolute Gasteiger partial charge is 0.0351 e. The Labute approximate surface area is 104 Å². The maximum Gasteiger partial charge on any atom is 0.0351 e. The highest BCUT2D eigenvalue weighted by molar-refractivity contribution is 6.18. The molecule has 0 saturated carbocycles. The molecule has 0 saturated heterocycles. The Balaban J connectivity index is 2.81. The van der Waals surface area contributed by atoms with Crippen molar-refractivity contribution in [1.82, 2.24) is 4.90 Å². The van der Waals surface area contributed by atoms with Crippen LogP contribution in [0.2, 0.25) is 0 Å². The van der Waals surface area contributed by atoms with Gasteiger partial charge >= 0.3 is 0 Å². The van der Waals surface area contributed by atoms with Gasteiger partial charge in [0, 0.05) is 19.0 Å². The number of nitrogens with zero attached hydrogens (tertiary/aromatic N) is 1. The summed E-state index contributed by atoms with van der Waals surface area (Å²) >= 11 is 5.74. The fourth-order valence-corrected chi connectivity index (χ4v) is 2.02. The minimum absolute atomic E-state index is 0.595. The molecule has 1 rings (SSSR count). The lowest BCUT2D eigenvalue weighted by Gasteiger charge is -2.18. The van der Waals surface area contributed by atoms with Gasteiger partial charge in [-0.25, -0.2) is 0 Å². The lowest BCUT2D eigenvalue weighted by atomic mass is 9.97. The van der Waals surface area contributed by atoms with Gasteiger partial charge in [-0.2, -0.15) is 0 Å². The Morgan fingerprint density at radius 3 is 2.56 bits per heavy atom. The van der Waals surface area contributed by atoms with Crippen LogP contribution in [0.15, 0.2) is 18.2 Å². The third-order valence-electron chi connectivity index (χ3n) is 2.95. The number of aryl methyl sites for hydroxylation is 1. The first-order valence-electron chi connectivity index (χ1n) is 5.88. The largest absolute Gasteiger partial charge is 0.301 e. The molecule has 0 aliphatic heterocycles. The molecule has 0 N–H and O–H groups in total. The van der Waals surface area contributed by atoms with Gasteiger partial charge in [-0.3, -0.25) is 0 Å². The molecule has 0 atom stereocenters. The van der Waals surface area contributed by atoms with Crippen molar-refractivity contribution in [2.24, 2.45) is 0 Å². The molecule has 2 heteroatoms. The monoisotopic (exact) mass is 239 g/mol. The van der Waals surface area contributed by atoms with Crippen molar-refractivity contribution in [3.63, 3.8) is 0 Å². The van der Waals surface area contributed by atoms with Gasteiger partial charge in [0.2, 0.25) is 0 Å². The fraction of sp³-hybridized carbons (Fsp3) is 0.571. The highest BCUT2D eigenvalue weighted by atomic mass is 35.5. The number of benzene rings is 1. The van der Waals surface area contributed by atoms with E-state index in [1.807, 2.05) is 0 Å². The second-order valence-electron chi connectivity index (χ2n) is 4.77. The van der Waals surface area contributed by atoms with E-state index in [4.69, 9.17) is 11.6 Å². The van der Waals surface area contributed by atoms with Gasteiger partial charge in [-0.15, -0.1) is 11.6 Å². The van der Waals surface area contributed by atoms with Gasteiger partial charge in [-0.05, 0) is 36.6 Å². The summed E-state index contributed by atoms with van der Waals surface area (Å²) in [4.78, 5) is 2.26. The first-order valence-corrected chi connectivity index (χ1v) is 6.42. The van der Waals surface area contributed by atoms with Crippen molar-refractivity contribution in [3.05, 3.63) is 34.9 Å². The normalized spacial score (nSPS) is 11.4. The molecule has 0 amide bonds. The van der Waals surface area contributed by atoms with Crippen LogP contribution in [0.4, 0.5) is 0 Å². The van der Waals surface area contributed by atoms with Crippen LogP contribution >= 0.6 is 11.6 Å². The third kappa shape index (κ3) is 3.80. The van der Waals surface area contributed by atoms with E-state index in [1.165, 1.54) is 16.7 Å². The van der Waals surface area contributed by atoms with E-state index in [-0.39, 0.29) is 0 Å². The summed E-state index contributed by atoms with van der Waals surface area (Å²) < 4.78 is 0. The summed E-state index contributed by atoms with van der Waals surface area (Å²) in [5.41, 5.74) is 4.20. The summed E-state index contributed by atoms with van der Waals surface area (Å²) in [7, 11) is 2.11. The predicted octanol–water partition coefficient (Wildman–Crippen LogP) is 3.79. The first kappa shape index (κ1) is 13.5. The molecule has 0 spiro atoms. The third-order valence-corrected chi connectivity index (χ3v) is 3.12. The minimum Gasteiger partial charge on any atom is -0.301 e. The zero-order valence-electron chi connectivity index (χ0n) is 10.8. The number of rotatable bonds is 5. The molecular weight excluding hydrogens is 218 g/mol. The van der Waals surface area contributed by atoms with Crippen LogP contribution < -0.4 is 0 Å². The van der Waals surface area contributed by atoms with Gasteiger partial charge in [0.15, 0.2) is 0 Å². The summed E-state index contributed by atoms with van der Waals surface area (Å²) in [5, 5.41) is 0. The first-order chi connectivity index (χ1) is 7.54. The van der Waals surface area contributed by atoms with Crippen molar-refractivity contribution >= 4 is 11.6 Å². The Morgan fingerprint density at radius 1 is 1.31 bits per heavy atom. The molecular formula is C14H22ClN. The molecule has 0 fully saturated rings. The van der Waals surface area contributed by atoms with E-state index in [1.54, 1.807) is 0 Å². The van der Waals surface area contributed by atoms with Crippen molar-refractivity contribution in [1.29, 1.82) is 0 Å². The highest BCUT2D eigenvalue weighted by Gasteiger charge is 2.06. The molecule has 0 aliphatic rings. The molecule has 0 unspecified atom stereocenters. The standard InChI is InChI=1S/C14H22ClN/c1-11(2)13-6-5-12(3)14(9-13)10-16(4)8-7-15/h5-6,9,11H,7-8,10H2,1-4H3. The molecule has 1 aromatic rings. The number of halogens is 1. The summed E-state index contributed by atoms with van der Waals surface area (Å²) in [6, 6.07) is 6.77. The average molecular weight is 240 g/mol. The maximum atomic E-state index is 5.74. The zero-order chi connectivity index (χ0) is 12.1. The Morgan fingerprint density at radius 2 is 2.00 bits per heavy atom. The van der Waals surface area contributed by atoms with Crippen LogP contribution in [-0.4, -0.2) is 24.4 Å². The SMILES string of the molecule is Cc1ccc(C(C)C)cc1CN(C)CCCl. The number of alkyl halides is 1. The van der Waals surface area contributed by atoms with Crippen molar-refractivity contribution in [3.8, 4) is 0 Å². The van der Waals surface area contributed by atoms with E-state index >= 15 is 0 Å². The molecule has 90 valence electrons. The summed E-state index contributed by atoms with van der Waals surface area (Å²) in [6.07, 6.45) is 0. The van der Waals surface area contributed by atoms with Crippen LogP contribution in [0.25, 0.3) is 0 Å². The quantitative estimate of drug-likeness (QED) is 0.707. The minimum atomic E-state index is 0.595. The Bertz CT molecular complexity index is 334. The van der Waals surface area contributed by atoms with E-state index in [0.717, 1.165) is 13.1 Å². The molecule has 16 heavy (non-hydrogen) atoms. The van der Waals surface area contributed by atoms with Gasteiger partial charge in [0.25, 0.3) is 0 Å². The van der Waals surface area contributed by atoms with E-state index in [9.17, 15) is 0 Å². The number of hydrogen-bond acceptors (Lipinski definition) is 1. The van der Waals surface area contributed by atoms with Crippen LogP contribution in [-0.2, 0) is 6.54 Å². The molecule has 0 aromatic heterocycles. The van der Waals surface area contributed by atoms with Gasteiger partial charge in [-0.1, -0.05) is 32.0 Å². The topological polar surface area (TPSA) is 3.24 Å². The molecule has 1 nitrogen and oxygen atoms in total. The van der Waals surface area contributed by atoms with Crippen LogP contribution in [0, 0.1) is 6.92 Å². The van der Waals surface area contributed by atoms with Crippen LogP contribution in [0.3, 0.4) is 0 Å². The predicted molar refractivity (Wildman–Crippen MR) is 72.3 cm³/mol. The highest BCUT2D eigenvalue weighted by Crippen LogP contribution is 2.19. The van der Waals surface area contributed by atoms with Crippen molar-refractivity contribution in [2.75, 3.05) is 19.5 Å². The van der Waals surface area contributed by atoms with Crippen molar-refractivity contribution in [2.45, 2.75) is 33.2 Å². The Hall–Kier alpha value is -0.530. The lowest BCUT2D eigenvalue weighted by Crippen LogP contribution is -2.20. The van der Waals surface area contributed by atoms with Gasteiger partial charge in [0.1, 0.15) is 0 Å². The summed E-state index contributed by atoms with van der Waals surface area (Å²) in [6.45, 7) is 8.56. The van der Waals surface area contributed by atoms with Gasteiger partial charge < -0.3 is 4.90 Å². The van der Waals surface area contributed by atoms with Crippen molar-refractivity contribution < 1.29 is 0 Å². The molecule has 1 aromatic carbocycles. The number of hydrogen-bond donors (Lipinski definition) is 0. The van der Waals surface area contributed by atoms with E-state index in [0.29, 0.717) is 11.8 Å². The molecule has 0 radical (unpaired) electrons. The molecule has 0 aliphatic carbocycles. The lowest BCUT2D eigenvalue weighted by molar-refractivity contribution is 0.347.